The van der Waals surface area contributed by atoms with Gasteiger partial charge in [0.25, 0.3) is 0 Å². The Kier molecular flexibility index (Phi) is 39.7. The zero-order valence-electron chi connectivity index (χ0n) is 34.6. The van der Waals surface area contributed by atoms with Crippen molar-refractivity contribution in [3.05, 3.63) is 50.6 Å². The predicted molar refractivity (Wildman–Crippen MR) is 231 cm³/mol. The van der Waals surface area contributed by atoms with Crippen LogP contribution in [0.5, 0.6) is 0 Å². The van der Waals surface area contributed by atoms with Crippen molar-refractivity contribution >= 4 is 0 Å². The van der Waals surface area contributed by atoms with Crippen LogP contribution in [-0.4, -0.2) is 49.1 Å². The lowest BCUT2D eigenvalue weighted by Crippen LogP contribution is -2.24. The van der Waals surface area contributed by atoms with Gasteiger partial charge in [-0.1, -0.05) is 218 Å². The zero-order chi connectivity index (χ0) is 36.6. The van der Waals surface area contributed by atoms with Crippen LogP contribution in [0.2, 0.25) is 0 Å². The van der Waals surface area contributed by atoms with Crippen LogP contribution in [-0.2, 0) is 0 Å². The van der Waals surface area contributed by atoms with Crippen molar-refractivity contribution in [2.75, 3.05) is 39.3 Å². The number of hydrogen-bond donors (Lipinski definition) is 0. The molecule has 0 bridgehead atoms. The molecule has 2 atom stereocenters. The smallest absolute Gasteiger partial charge is 0.0163 e. The standard InChI is InChI=1S/C48H92N2/c1-7-13-15-17-25-31-37-47(39-33-27-21-19-23-29-35-45-49(41-9-3)42-10-4)48(38-32-26-18-16-14-8-2)40-34-28-22-20-24-30-36-46-50(43-11-5)44-12-6/h9-12,47-48H,3-8,13-46H2,1-2H3. The molecule has 0 aliphatic heterocycles. The molecule has 0 radical (unpaired) electrons. The van der Waals surface area contributed by atoms with Crippen LogP contribution in [0.3, 0.4) is 0 Å². The Morgan fingerprint density at radius 3 is 0.780 bits per heavy atom. The fourth-order valence-corrected chi connectivity index (χ4v) is 8.10. The minimum Gasteiger partial charge on any atom is -0.296 e. The quantitative estimate of drug-likeness (QED) is 0.0462. The Hall–Kier alpha value is -1.12. The van der Waals surface area contributed by atoms with E-state index in [9.17, 15) is 0 Å². The summed E-state index contributed by atoms with van der Waals surface area (Å²) in [6.45, 7) is 26.7. The van der Waals surface area contributed by atoms with Crippen molar-refractivity contribution in [3.8, 4) is 0 Å². The van der Waals surface area contributed by atoms with Crippen LogP contribution in [0.4, 0.5) is 0 Å². The maximum absolute atomic E-state index is 3.92. The molecule has 2 nitrogen and oxygen atoms in total. The van der Waals surface area contributed by atoms with E-state index in [-0.39, 0.29) is 0 Å². The van der Waals surface area contributed by atoms with E-state index in [0.29, 0.717) is 0 Å². The maximum Gasteiger partial charge on any atom is 0.0163 e. The van der Waals surface area contributed by atoms with E-state index in [0.717, 1.165) is 38.0 Å². The van der Waals surface area contributed by atoms with Gasteiger partial charge in [0.05, 0.1) is 0 Å². The van der Waals surface area contributed by atoms with Gasteiger partial charge in [0.1, 0.15) is 0 Å². The number of rotatable bonds is 43. The molecule has 0 spiro atoms. The third kappa shape index (κ3) is 32.8. The molecule has 294 valence electrons. The minimum atomic E-state index is 0.978. The van der Waals surface area contributed by atoms with Gasteiger partial charge >= 0.3 is 0 Å². The minimum absolute atomic E-state index is 0.978. The van der Waals surface area contributed by atoms with E-state index in [1.165, 1.54) is 206 Å². The summed E-state index contributed by atoms with van der Waals surface area (Å²) in [5.74, 6) is 1.96. The Balaban J connectivity index is 4.78. The molecule has 0 rings (SSSR count). The molecule has 0 aromatic carbocycles. The number of nitrogens with zero attached hydrogens (tertiary/aromatic N) is 2. The third-order valence-electron chi connectivity index (χ3n) is 11.2. The van der Waals surface area contributed by atoms with Crippen LogP contribution in [0.1, 0.15) is 206 Å². The Bertz CT molecular complexity index is 633. The summed E-state index contributed by atoms with van der Waals surface area (Å²) in [5.41, 5.74) is 0. The van der Waals surface area contributed by atoms with Gasteiger partial charge in [-0.05, 0) is 37.8 Å². The van der Waals surface area contributed by atoms with Crippen molar-refractivity contribution in [2.45, 2.75) is 206 Å². The largest absolute Gasteiger partial charge is 0.296 e. The topological polar surface area (TPSA) is 6.48 Å². The van der Waals surface area contributed by atoms with E-state index in [1.54, 1.807) is 0 Å². The highest BCUT2D eigenvalue weighted by atomic mass is 15.1. The fraction of sp³-hybridized carbons (Fsp3) is 0.833. The summed E-state index contributed by atoms with van der Waals surface area (Å²) in [5, 5.41) is 0. The van der Waals surface area contributed by atoms with E-state index in [1.807, 2.05) is 24.3 Å². The first-order valence-corrected chi connectivity index (χ1v) is 22.5. The highest BCUT2D eigenvalue weighted by Crippen LogP contribution is 2.34. The van der Waals surface area contributed by atoms with Crippen molar-refractivity contribution in [2.24, 2.45) is 11.8 Å². The van der Waals surface area contributed by atoms with Gasteiger partial charge in [-0.25, -0.2) is 0 Å². The van der Waals surface area contributed by atoms with E-state index >= 15 is 0 Å². The molecule has 0 aliphatic carbocycles. The second kappa shape index (κ2) is 40.6. The molecule has 0 aromatic rings. The van der Waals surface area contributed by atoms with Gasteiger partial charge in [0, 0.05) is 26.2 Å². The fourth-order valence-electron chi connectivity index (χ4n) is 8.10. The average Bonchev–Trinajstić information content (AvgIpc) is 3.11. The molecular weight excluding hydrogens is 605 g/mol. The van der Waals surface area contributed by atoms with Gasteiger partial charge in [0.15, 0.2) is 0 Å². The van der Waals surface area contributed by atoms with Crippen LogP contribution >= 0.6 is 0 Å². The second-order valence-electron chi connectivity index (χ2n) is 15.8. The second-order valence-corrected chi connectivity index (χ2v) is 15.8. The molecule has 0 saturated carbocycles. The molecule has 0 aromatic heterocycles. The normalized spacial score (nSPS) is 12.8. The van der Waals surface area contributed by atoms with E-state index in [4.69, 9.17) is 0 Å². The first-order chi connectivity index (χ1) is 24.7. The maximum atomic E-state index is 3.92. The lowest BCUT2D eigenvalue weighted by molar-refractivity contribution is 0.236. The first-order valence-electron chi connectivity index (χ1n) is 22.5. The van der Waals surface area contributed by atoms with Gasteiger partial charge < -0.3 is 0 Å². The molecule has 2 unspecified atom stereocenters. The zero-order valence-corrected chi connectivity index (χ0v) is 34.6. The summed E-state index contributed by atoms with van der Waals surface area (Å²) in [7, 11) is 0. The van der Waals surface area contributed by atoms with E-state index < -0.39 is 0 Å². The summed E-state index contributed by atoms with van der Waals surface area (Å²) in [4.78, 5) is 4.91. The first kappa shape index (κ1) is 48.9. The number of hydrogen-bond acceptors (Lipinski definition) is 2. The van der Waals surface area contributed by atoms with E-state index in [2.05, 4.69) is 50.0 Å². The van der Waals surface area contributed by atoms with Crippen LogP contribution in [0.25, 0.3) is 0 Å². The average molecular weight is 697 g/mol. The van der Waals surface area contributed by atoms with Crippen LogP contribution in [0.15, 0.2) is 50.6 Å². The molecule has 2 heteroatoms. The molecular formula is C48H92N2. The Morgan fingerprint density at radius 1 is 0.320 bits per heavy atom. The molecule has 0 aliphatic rings. The van der Waals surface area contributed by atoms with Gasteiger partial charge in [-0.3, -0.25) is 9.80 Å². The molecule has 0 heterocycles. The number of unbranched alkanes of at least 4 members (excludes halogenated alkanes) is 22. The predicted octanol–water partition coefficient (Wildman–Crippen LogP) is 15.3. The molecule has 0 amide bonds. The SMILES string of the molecule is C=CCN(CC=C)CCCCCCCCCC(CCCCCCCC)C(CCCCCCCC)CCCCCCCCCN(CC=C)CC=C. The van der Waals surface area contributed by atoms with Crippen molar-refractivity contribution < 1.29 is 0 Å². The van der Waals surface area contributed by atoms with Crippen molar-refractivity contribution in [3.63, 3.8) is 0 Å². The highest BCUT2D eigenvalue weighted by Gasteiger charge is 2.20. The monoisotopic (exact) mass is 697 g/mol. The summed E-state index contributed by atoms with van der Waals surface area (Å²) in [6.07, 6.45) is 51.1. The Labute approximate surface area is 317 Å². The van der Waals surface area contributed by atoms with Crippen molar-refractivity contribution in [1.82, 2.24) is 9.80 Å². The van der Waals surface area contributed by atoms with Crippen molar-refractivity contribution in [1.29, 1.82) is 0 Å². The lowest BCUT2D eigenvalue weighted by atomic mass is 9.78. The Morgan fingerprint density at radius 2 is 0.540 bits per heavy atom. The van der Waals surface area contributed by atoms with Gasteiger partial charge in [-0.15, -0.1) is 26.3 Å². The molecule has 0 fully saturated rings. The summed E-state index contributed by atoms with van der Waals surface area (Å²) < 4.78 is 0. The lowest BCUT2D eigenvalue weighted by Gasteiger charge is -2.28. The van der Waals surface area contributed by atoms with Crippen LogP contribution in [0, 0.1) is 11.8 Å². The van der Waals surface area contributed by atoms with Gasteiger partial charge in [0.2, 0.25) is 0 Å². The van der Waals surface area contributed by atoms with Crippen LogP contribution < -0.4 is 0 Å². The molecule has 50 heavy (non-hydrogen) atoms. The third-order valence-corrected chi connectivity index (χ3v) is 11.2. The van der Waals surface area contributed by atoms with Gasteiger partial charge in [-0.2, -0.15) is 0 Å². The summed E-state index contributed by atoms with van der Waals surface area (Å²) in [6, 6.07) is 0. The molecule has 0 saturated heterocycles. The highest BCUT2D eigenvalue weighted by molar-refractivity contribution is 4.80. The summed E-state index contributed by atoms with van der Waals surface area (Å²) >= 11 is 0. The molecule has 0 N–H and O–H groups in total.